The molecule has 2 N–H and O–H groups in total. The highest BCUT2D eigenvalue weighted by Crippen LogP contribution is 2.10. The second kappa shape index (κ2) is 5.63. The summed E-state index contributed by atoms with van der Waals surface area (Å²) < 4.78 is 0. The second-order valence-electron chi connectivity index (χ2n) is 4.77. The van der Waals surface area contributed by atoms with Crippen LogP contribution in [0.5, 0.6) is 0 Å². The first-order valence-corrected chi connectivity index (χ1v) is 6.65. The van der Waals surface area contributed by atoms with E-state index in [0.717, 1.165) is 5.56 Å². The van der Waals surface area contributed by atoms with Crippen molar-refractivity contribution in [2.24, 2.45) is 0 Å². The largest absolute Gasteiger partial charge is 0.512 e. The monoisotopic (exact) mass is 278 g/mol. The third-order valence-corrected chi connectivity index (χ3v) is 3.16. The topological polar surface area (TPSA) is 66.0 Å². The van der Waals surface area contributed by atoms with Gasteiger partial charge in [-0.15, -0.1) is 0 Å². The summed E-state index contributed by atoms with van der Waals surface area (Å²) in [6, 6.07) is 16.9. The van der Waals surface area contributed by atoms with Gasteiger partial charge in [0.1, 0.15) is 5.69 Å². The summed E-state index contributed by atoms with van der Waals surface area (Å²) in [5.41, 5.74) is 2.25. The summed E-state index contributed by atoms with van der Waals surface area (Å²) >= 11 is 0. The van der Waals surface area contributed by atoms with Crippen LogP contribution in [0.15, 0.2) is 65.2 Å². The van der Waals surface area contributed by atoms with Gasteiger partial charge in [0.25, 0.3) is 5.56 Å². The lowest BCUT2D eigenvalue weighted by Gasteiger charge is -2.02. The van der Waals surface area contributed by atoms with Crippen LogP contribution >= 0.6 is 0 Å². The predicted octanol–water partition coefficient (Wildman–Crippen LogP) is 3.06. The van der Waals surface area contributed by atoms with E-state index in [1.807, 2.05) is 48.5 Å². The van der Waals surface area contributed by atoms with Crippen LogP contribution in [0.1, 0.15) is 11.3 Å². The smallest absolute Gasteiger partial charge is 0.274 e. The Morgan fingerprint density at radius 3 is 2.62 bits per heavy atom. The normalized spacial score (nSPS) is 11.7. The molecule has 3 aromatic rings. The number of aliphatic hydroxyl groups is 1. The van der Waals surface area contributed by atoms with Crippen LogP contribution in [0.4, 0.5) is 0 Å². The van der Waals surface area contributed by atoms with Crippen molar-refractivity contribution < 1.29 is 5.11 Å². The molecule has 21 heavy (non-hydrogen) atoms. The minimum atomic E-state index is -0.312. The lowest BCUT2D eigenvalue weighted by atomic mass is 10.1. The van der Waals surface area contributed by atoms with Crippen LogP contribution in [0, 0.1) is 0 Å². The number of H-pyrrole nitrogens is 1. The minimum Gasteiger partial charge on any atom is -0.512 e. The van der Waals surface area contributed by atoms with Gasteiger partial charge < -0.3 is 10.1 Å². The van der Waals surface area contributed by atoms with Gasteiger partial charge in [-0.25, -0.2) is 4.98 Å². The first-order chi connectivity index (χ1) is 10.2. The van der Waals surface area contributed by atoms with E-state index < -0.39 is 0 Å². The van der Waals surface area contributed by atoms with E-state index >= 15 is 0 Å². The Kier molecular flexibility index (Phi) is 3.51. The Labute approximate surface area is 121 Å². The number of nitrogens with zero attached hydrogens (tertiary/aromatic N) is 1. The Bertz CT molecular complexity index is 851. The lowest BCUT2D eigenvalue weighted by Crippen LogP contribution is -2.12. The van der Waals surface area contributed by atoms with Crippen LogP contribution in [0.3, 0.4) is 0 Å². The van der Waals surface area contributed by atoms with Crippen LogP contribution < -0.4 is 5.56 Å². The molecule has 0 saturated heterocycles. The second-order valence-corrected chi connectivity index (χ2v) is 4.77. The zero-order chi connectivity index (χ0) is 14.7. The molecule has 0 amide bonds. The van der Waals surface area contributed by atoms with Crippen LogP contribution in [-0.4, -0.2) is 15.1 Å². The van der Waals surface area contributed by atoms with Crippen molar-refractivity contribution in [3.05, 3.63) is 82.0 Å². The van der Waals surface area contributed by atoms with Crippen LogP contribution in [0.2, 0.25) is 0 Å². The summed E-state index contributed by atoms with van der Waals surface area (Å²) in [5, 5.41) is 10.0. The Hall–Kier alpha value is -2.88. The van der Waals surface area contributed by atoms with E-state index in [-0.39, 0.29) is 17.0 Å². The highest BCUT2D eigenvalue weighted by Gasteiger charge is 2.04. The molecule has 0 aliphatic rings. The quantitative estimate of drug-likeness (QED) is 0.724. The van der Waals surface area contributed by atoms with Gasteiger partial charge in [0.15, 0.2) is 0 Å². The van der Waals surface area contributed by atoms with Crippen molar-refractivity contribution in [3.63, 3.8) is 0 Å². The lowest BCUT2D eigenvalue weighted by molar-refractivity contribution is 0.404. The van der Waals surface area contributed by atoms with Gasteiger partial charge in [-0.05, 0) is 17.7 Å². The number of rotatable bonds is 3. The standard InChI is InChI=1S/C17H14N2O2/c20-13(10-12-6-2-1-3-7-12)11-16-17(21)19-15-9-5-4-8-14(15)18-16/h1-9,11,20H,10H2,(H,19,21)/b13-11+. The van der Waals surface area contributed by atoms with Gasteiger partial charge in [-0.3, -0.25) is 4.79 Å². The number of para-hydroxylation sites is 2. The minimum absolute atomic E-state index is 0.106. The maximum absolute atomic E-state index is 11.9. The molecule has 0 spiro atoms. The number of hydrogen-bond donors (Lipinski definition) is 2. The maximum Gasteiger partial charge on any atom is 0.274 e. The number of aromatic amines is 1. The molecule has 104 valence electrons. The number of hydrogen-bond acceptors (Lipinski definition) is 3. The first kappa shape index (κ1) is 13.1. The van der Waals surface area contributed by atoms with Crippen LogP contribution in [-0.2, 0) is 6.42 Å². The van der Waals surface area contributed by atoms with Gasteiger partial charge in [-0.1, -0.05) is 42.5 Å². The van der Waals surface area contributed by atoms with E-state index in [9.17, 15) is 9.90 Å². The van der Waals surface area contributed by atoms with Crippen molar-refractivity contribution in [1.82, 2.24) is 9.97 Å². The fraction of sp³-hybridized carbons (Fsp3) is 0.0588. The number of fused-ring (bicyclic) bond motifs is 1. The van der Waals surface area contributed by atoms with Crippen molar-refractivity contribution in [1.29, 1.82) is 0 Å². The Balaban J connectivity index is 1.95. The number of aliphatic hydroxyl groups excluding tert-OH is 1. The molecule has 0 saturated carbocycles. The van der Waals surface area contributed by atoms with Crippen molar-refractivity contribution in [2.75, 3.05) is 0 Å². The molecule has 2 aromatic carbocycles. The van der Waals surface area contributed by atoms with Gasteiger partial charge >= 0.3 is 0 Å². The summed E-state index contributed by atoms with van der Waals surface area (Å²) in [6.07, 6.45) is 1.78. The molecule has 0 unspecified atom stereocenters. The molecular weight excluding hydrogens is 264 g/mol. The fourth-order valence-electron chi connectivity index (χ4n) is 2.16. The third kappa shape index (κ3) is 3.00. The molecule has 0 atom stereocenters. The molecule has 0 bridgehead atoms. The number of aromatic nitrogens is 2. The van der Waals surface area contributed by atoms with Gasteiger partial charge in [0.2, 0.25) is 0 Å². The average molecular weight is 278 g/mol. The average Bonchev–Trinajstić information content (AvgIpc) is 2.49. The summed E-state index contributed by atoms with van der Waals surface area (Å²) in [5.74, 6) is 0.106. The molecule has 0 aliphatic heterocycles. The Morgan fingerprint density at radius 2 is 1.81 bits per heavy atom. The third-order valence-electron chi connectivity index (χ3n) is 3.16. The SMILES string of the molecule is O=c1[nH]c2ccccc2nc1/C=C(/O)Cc1ccccc1. The highest BCUT2D eigenvalue weighted by molar-refractivity contribution is 5.74. The van der Waals surface area contributed by atoms with Gasteiger partial charge in [0, 0.05) is 12.5 Å². The van der Waals surface area contributed by atoms with Crippen LogP contribution in [0.25, 0.3) is 17.1 Å². The van der Waals surface area contributed by atoms with E-state index in [1.165, 1.54) is 6.08 Å². The van der Waals surface area contributed by atoms with Crippen molar-refractivity contribution in [2.45, 2.75) is 6.42 Å². The molecule has 1 heterocycles. The zero-order valence-corrected chi connectivity index (χ0v) is 11.3. The summed E-state index contributed by atoms with van der Waals surface area (Å²) in [4.78, 5) is 19.0. The molecule has 1 aromatic heterocycles. The van der Waals surface area contributed by atoms with Gasteiger partial charge in [-0.2, -0.15) is 0 Å². The van der Waals surface area contributed by atoms with Gasteiger partial charge in [0.05, 0.1) is 16.8 Å². The molecule has 4 nitrogen and oxygen atoms in total. The molecule has 3 rings (SSSR count). The van der Waals surface area contributed by atoms with E-state index in [1.54, 1.807) is 6.07 Å². The Morgan fingerprint density at radius 1 is 1.10 bits per heavy atom. The molecule has 0 aliphatic carbocycles. The number of nitrogens with one attached hydrogen (secondary N) is 1. The fourth-order valence-corrected chi connectivity index (χ4v) is 2.16. The predicted molar refractivity (Wildman–Crippen MR) is 83.1 cm³/mol. The van der Waals surface area contributed by atoms with Crippen molar-refractivity contribution >= 4 is 17.1 Å². The summed E-state index contributed by atoms with van der Waals surface area (Å²) in [7, 11) is 0. The summed E-state index contributed by atoms with van der Waals surface area (Å²) in [6.45, 7) is 0. The molecule has 0 radical (unpaired) electrons. The highest BCUT2D eigenvalue weighted by atomic mass is 16.3. The van der Waals surface area contributed by atoms with E-state index in [4.69, 9.17) is 0 Å². The van der Waals surface area contributed by atoms with E-state index in [0.29, 0.717) is 17.5 Å². The number of benzene rings is 2. The van der Waals surface area contributed by atoms with E-state index in [2.05, 4.69) is 9.97 Å². The maximum atomic E-state index is 11.9. The number of allylic oxidation sites excluding steroid dienone is 1. The molecular formula is C17H14N2O2. The molecule has 4 heteroatoms. The van der Waals surface area contributed by atoms with Crippen molar-refractivity contribution in [3.8, 4) is 0 Å². The zero-order valence-electron chi connectivity index (χ0n) is 11.3. The molecule has 0 fully saturated rings. The first-order valence-electron chi connectivity index (χ1n) is 6.65.